The van der Waals surface area contributed by atoms with E-state index < -0.39 is 21.0 Å². The van der Waals surface area contributed by atoms with Crippen LogP contribution in [-0.4, -0.2) is 13.7 Å². The van der Waals surface area contributed by atoms with Crippen molar-refractivity contribution >= 4 is 21.4 Å². The van der Waals surface area contributed by atoms with Gasteiger partial charge in [0.2, 0.25) is 0 Å². The van der Waals surface area contributed by atoms with E-state index >= 15 is 0 Å². The standard InChI is InChI=1S/C16H12ClNO2S/c17-12-6-8-13(9-7-12)21(19,20)16-14(10-18)15(16)11-4-2-1-3-5-11/h1-9,14-16H/t14-,15+,16-/m1/s1. The molecule has 0 aromatic heterocycles. The molecule has 0 bridgehead atoms. The SMILES string of the molecule is N#C[C@@H]1[C@H](c2ccccc2)[C@@H]1S(=O)(=O)c1ccc(Cl)cc1. The minimum Gasteiger partial charge on any atom is -0.223 e. The Kier molecular flexibility index (Phi) is 3.48. The average Bonchev–Trinajstić information content (AvgIpc) is 3.24. The summed E-state index contributed by atoms with van der Waals surface area (Å²) >= 11 is 5.79. The largest absolute Gasteiger partial charge is 0.223 e. The lowest BCUT2D eigenvalue weighted by Crippen LogP contribution is -2.10. The molecule has 0 unspecified atom stereocenters. The molecule has 0 radical (unpaired) electrons. The first-order valence-electron chi connectivity index (χ1n) is 6.50. The molecule has 5 heteroatoms. The normalized spacial score (nSPS) is 24.3. The van der Waals surface area contributed by atoms with E-state index in [1.165, 1.54) is 12.1 Å². The molecule has 3 atom stereocenters. The predicted molar refractivity (Wildman–Crippen MR) is 80.7 cm³/mol. The maximum Gasteiger partial charge on any atom is 0.183 e. The first-order valence-corrected chi connectivity index (χ1v) is 8.42. The van der Waals surface area contributed by atoms with Gasteiger partial charge >= 0.3 is 0 Å². The Balaban J connectivity index is 1.97. The predicted octanol–water partition coefficient (Wildman–Crippen LogP) is 3.42. The Morgan fingerprint density at radius 3 is 2.19 bits per heavy atom. The Bertz CT molecular complexity index is 794. The van der Waals surface area contributed by atoms with E-state index in [2.05, 4.69) is 6.07 Å². The van der Waals surface area contributed by atoms with Gasteiger partial charge in [-0.25, -0.2) is 8.42 Å². The lowest BCUT2D eigenvalue weighted by atomic mass is 10.1. The zero-order valence-electron chi connectivity index (χ0n) is 11.0. The van der Waals surface area contributed by atoms with E-state index in [1.807, 2.05) is 30.3 Å². The molecule has 1 aliphatic carbocycles. The van der Waals surface area contributed by atoms with Gasteiger partial charge in [0.25, 0.3) is 0 Å². The maximum absolute atomic E-state index is 12.7. The van der Waals surface area contributed by atoms with E-state index in [1.54, 1.807) is 12.1 Å². The van der Waals surface area contributed by atoms with Crippen LogP contribution in [0.3, 0.4) is 0 Å². The maximum atomic E-state index is 12.7. The summed E-state index contributed by atoms with van der Waals surface area (Å²) in [6, 6.07) is 17.5. The molecule has 2 aromatic rings. The van der Waals surface area contributed by atoms with Crippen LogP contribution in [0.15, 0.2) is 59.5 Å². The zero-order valence-corrected chi connectivity index (χ0v) is 12.6. The van der Waals surface area contributed by atoms with Gasteiger partial charge in [-0.05, 0) is 29.8 Å². The fourth-order valence-corrected chi connectivity index (χ4v) is 4.87. The Labute approximate surface area is 128 Å². The third kappa shape index (κ3) is 2.44. The van der Waals surface area contributed by atoms with Gasteiger partial charge in [0.05, 0.1) is 22.1 Å². The lowest BCUT2D eigenvalue weighted by Gasteiger charge is -2.04. The molecule has 1 saturated carbocycles. The number of hydrogen-bond acceptors (Lipinski definition) is 3. The van der Waals surface area contributed by atoms with Crippen molar-refractivity contribution < 1.29 is 8.42 Å². The van der Waals surface area contributed by atoms with Crippen LogP contribution in [0.25, 0.3) is 0 Å². The monoisotopic (exact) mass is 317 g/mol. The van der Waals surface area contributed by atoms with E-state index in [0.29, 0.717) is 5.02 Å². The van der Waals surface area contributed by atoms with E-state index in [0.717, 1.165) is 5.56 Å². The van der Waals surface area contributed by atoms with Crippen LogP contribution >= 0.6 is 11.6 Å². The van der Waals surface area contributed by atoms with Gasteiger partial charge in [-0.15, -0.1) is 0 Å². The van der Waals surface area contributed by atoms with Crippen LogP contribution in [0.2, 0.25) is 5.02 Å². The van der Waals surface area contributed by atoms with Crippen molar-refractivity contribution in [2.45, 2.75) is 16.1 Å². The van der Waals surface area contributed by atoms with Crippen LogP contribution in [0.5, 0.6) is 0 Å². The van der Waals surface area contributed by atoms with Crippen LogP contribution in [0.4, 0.5) is 0 Å². The topological polar surface area (TPSA) is 57.9 Å². The second kappa shape index (κ2) is 5.18. The molecule has 106 valence electrons. The van der Waals surface area contributed by atoms with E-state index in [9.17, 15) is 13.7 Å². The highest BCUT2D eigenvalue weighted by Crippen LogP contribution is 2.53. The van der Waals surface area contributed by atoms with Crippen molar-refractivity contribution in [3.05, 3.63) is 65.2 Å². The summed E-state index contributed by atoms with van der Waals surface area (Å²) in [5.74, 6) is -0.745. The zero-order chi connectivity index (χ0) is 15.0. The highest BCUT2D eigenvalue weighted by molar-refractivity contribution is 7.92. The minimum atomic E-state index is -3.52. The quantitative estimate of drug-likeness (QED) is 0.871. The fourth-order valence-electron chi connectivity index (χ4n) is 2.68. The molecule has 0 N–H and O–H groups in total. The number of nitriles is 1. The van der Waals surface area contributed by atoms with Crippen LogP contribution < -0.4 is 0 Å². The second-order valence-corrected chi connectivity index (χ2v) is 7.60. The molecule has 3 rings (SSSR count). The van der Waals surface area contributed by atoms with Crippen molar-refractivity contribution in [3.8, 4) is 6.07 Å². The average molecular weight is 318 g/mol. The number of sulfone groups is 1. The molecule has 1 fully saturated rings. The van der Waals surface area contributed by atoms with Gasteiger partial charge in [0.15, 0.2) is 9.84 Å². The lowest BCUT2D eigenvalue weighted by molar-refractivity contribution is 0.593. The molecule has 21 heavy (non-hydrogen) atoms. The molecular weight excluding hydrogens is 306 g/mol. The molecule has 0 aliphatic heterocycles. The third-order valence-electron chi connectivity index (χ3n) is 3.79. The smallest absolute Gasteiger partial charge is 0.183 e. The first-order chi connectivity index (χ1) is 10.1. The Morgan fingerprint density at radius 2 is 1.62 bits per heavy atom. The Morgan fingerprint density at radius 1 is 1.00 bits per heavy atom. The van der Waals surface area contributed by atoms with Gasteiger partial charge in [0.1, 0.15) is 0 Å². The fraction of sp³-hybridized carbons (Fsp3) is 0.188. The molecule has 1 aliphatic rings. The number of benzene rings is 2. The Hall–Kier alpha value is -1.83. The first kappa shape index (κ1) is 14.1. The molecule has 0 amide bonds. The summed E-state index contributed by atoms with van der Waals surface area (Å²) in [6.07, 6.45) is 0. The summed E-state index contributed by atoms with van der Waals surface area (Å²) in [7, 11) is -3.52. The van der Waals surface area contributed by atoms with E-state index in [4.69, 9.17) is 11.6 Å². The highest BCUT2D eigenvalue weighted by Gasteiger charge is 2.59. The summed E-state index contributed by atoms with van der Waals surface area (Å²) in [5, 5.41) is 9.04. The molecule has 0 heterocycles. The number of hydrogen-bond donors (Lipinski definition) is 0. The van der Waals surface area contributed by atoms with Crippen molar-refractivity contribution in [1.82, 2.24) is 0 Å². The molecule has 3 nitrogen and oxygen atoms in total. The van der Waals surface area contributed by atoms with Crippen molar-refractivity contribution in [2.24, 2.45) is 5.92 Å². The van der Waals surface area contributed by atoms with Crippen molar-refractivity contribution in [3.63, 3.8) is 0 Å². The summed E-state index contributed by atoms with van der Waals surface area (Å²) < 4.78 is 25.3. The molecular formula is C16H12ClNO2S. The second-order valence-electron chi connectivity index (χ2n) is 5.05. The molecule has 0 spiro atoms. The summed E-state index contributed by atoms with van der Waals surface area (Å²) in [6.45, 7) is 0. The van der Waals surface area contributed by atoms with Crippen LogP contribution in [0.1, 0.15) is 11.5 Å². The molecule has 2 aromatic carbocycles. The summed E-state index contributed by atoms with van der Waals surface area (Å²) in [5.41, 5.74) is 0.895. The van der Waals surface area contributed by atoms with Gasteiger partial charge in [-0.3, -0.25) is 0 Å². The summed E-state index contributed by atoms with van der Waals surface area (Å²) in [4.78, 5) is 0.218. The minimum absolute atomic E-state index is 0.218. The number of rotatable bonds is 3. The number of halogens is 1. The van der Waals surface area contributed by atoms with Crippen molar-refractivity contribution in [2.75, 3.05) is 0 Å². The van der Waals surface area contributed by atoms with Crippen LogP contribution in [0, 0.1) is 17.2 Å². The van der Waals surface area contributed by atoms with Crippen LogP contribution in [-0.2, 0) is 9.84 Å². The van der Waals surface area contributed by atoms with Gasteiger partial charge in [-0.2, -0.15) is 5.26 Å². The third-order valence-corrected chi connectivity index (χ3v) is 6.27. The van der Waals surface area contributed by atoms with E-state index in [-0.39, 0.29) is 10.8 Å². The molecule has 0 saturated heterocycles. The van der Waals surface area contributed by atoms with Gasteiger partial charge < -0.3 is 0 Å². The highest BCUT2D eigenvalue weighted by atomic mass is 35.5. The van der Waals surface area contributed by atoms with Gasteiger partial charge in [-0.1, -0.05) is 41.9 Å². The van der Waals surface area contributed by atoms with Crippen molar-refractivity contribution in [1.29, 1.82) is 5.26 Å². The van der Waals surface area contributed by atoms with Gasteiger partial charge in [0, 0.05) is 10.9 Å². The number of nitrogens with zero attached hydrogens (tertiary/aromatic N) is 1.